The molecule has 2 aliphatic rings. The van der Waals surface area contributed by atoms with Crippen LogP contribution >= 0.6 is 11.6 Å². The van der Waals surface area contributed by atoms with Crippen molar-refractivity contribution in [3.8, 4) is 0 Å². The number of hydrogen-bond acceptors (Lipinski definition) is 4. The number of hydrogen-bond donors (Lipinski definition) is 1. The summed E-state index contributed by atoms with van der Waals surface area (Å²) in [5.74, 6) is -0.130. The van der Waals surface area contributed by atoms with Gasteiger partial charge >= 0.3 is 5.97 Å². The summed E-state index contributed by atoms with van der Waals surface area (Å²) in [6.07, 6.45) is 4.02. The quantitative estimate of drug-likeness (QED) is 0.690. The molecule has 6 nitrogen and oxygen atoms in total. The maximum atomic E-state index is 12.5. The van der Waals surface area contributed by atoms with E-state index >= 15 is 0 Å². The summed E-state index contributed by atoms with van der Waals surface area (Å²) in [7, 11) is 1.33. The largest absolute Gasteiger partial charge is 0.467 e. The van der Waals surface area contributed by atoms with Crippen LogP contribution in [0.3, 0.4) is 0 Å². The van der Waals surface area contributed by atoms with Crippen molar-refractivity contribution in [3.05, 3.63) is 34.9 Å². The molecule has 0 bridgehead atoms. The number of rotatable bonds is 8. The molecule has 0 spiro atoms. The van der Waals surface area contributed by atoms with Gasteiger partial charge in [-0.1, -0.05) is 42.6 Å². The minimum atomic E-state index is -0.607. The molecule has 146 valence electrons. The Hall–Kier alpha value is -2.08. The molecule has 1 N–H and O–H groups in total. The molecule has 1 heterocycles. The summed E-state index contributed by atoms with van der Waals surface area (Å²) in [5, 5.41) is 3.41. The van der Waals surface area contributed by atoms with Gasteiger partial charge in [-0.15, -0.1) is 0 Å². The molecular formula is C20H25ClN2O4. The number of amides is 2. The van der Waals surface area contributed by atoms with E-state index in [2.05, 4.69) is 5.32 Å². The first-order valence-electron chi connectivity index (χ1n) is 9.38. The normalized spacial score (nSPS) is 20.4. The average molecular weight is 393 g/mol. The van der Waals surface area contributed by atoms with E-state index in [4.69, 9.17) is 16.3 Å². The van der Waals surface area contributed by atoms with Crippen LogP contribution in [0.5, 0.6) is 0 Å². The third-order valence-corrected chi connectivity index (χ3v) is 5.63. The van der Waals surface area contributed by atoms with Crippen molar-refractivity contribution in [1.29, 1.82) is 0 Å². The van der Waals surface area contributed by atoms with Crippen molar-refractivity contribution >= 4 is 29.4 Å². The molecule has 7 heteroatoms. The third-order valence-electron chi connectivity index (χ3n) is 5.26. The average Bonchev–Trinajstić information content (AvgIpc) is 3.41. The van der Waals surface area contributed by atoms with E-state index in [-0.39, 0.29) is 24.3 Å². The van der Waals surface area contributed by atoms with Crippen molar-refractivity contribution in [3.63, 3.8) is 0 Å². The molecule has 3 rings (SSSR count). The first kappa shape index (κ1) is 19.7. The van der Waals surface area contributed by atoms with Gasteiger partial charge in [0, 0.05) is 30.5 Å². The molecule has 1 aliphatic carbocycles. The highest BCUT2D eigenvalue weighted by atomic mass is 35.5. The second kappa shape index (κ2) is 8.74. The number of ether oxygens (including phenoxy) is 1. The molecule has 2 amide bonds. The van der Waals surface area contributed by atoms with Crippen LogP contribution in [0.4, 0.5) is 0 Å². The van der Waals surface area contributed by atoms with Gasteiger partial charge in [0.15, 0.2) is 0 Å². The predicted octanol–water partition coefficient (Wildman–Crippen LogP) is 2.68. The topological polar surface area (TPSA) is 75.7 Å². The number of esters is 1. The zero-order chi connectivity index (χ0) is 19.4. The first-order valence-corrected chi connectivity index (χ1v) is 9.75. The predicted molar refractivity (Wildman–Crippen MR) is 101 cm³/mol. The lowest BCUT2D eigenvalue weighted by atomic mass is 10.1. The molecule has 1 aromatic rings. The van der Waals surface area contributed by atoms with Gasteiger partial charge < -0.3 is 15.0 Å². The fraction of sp³-hybridized carbons (Fsp3) is 0.550. The van der Waals surface area contributed by atoms with Gasteiger partial charge in [0.1, 0.15) is 6.04 Å². The zero-order valence-electron chi connectivity index (χ0n) is 15.4. The summed E-state index contributed by atoms with van der Waals surface area (Å²) in [6.45, 7) is 0.388. The lowest BCUT2D eigenvalue weighted by Crippen LogP contribution is -2.44. The second-order valence-corrected chi connectivity index (χ2v) is 7.74. The summed E-state index contributed by atoms with van der Waals surface area (Å²) >= 11 is 6.21. The Balaban J connectivity index is 1.60. The lowest BCUT2D eigenvalue weighted by molar-refractivity contribution is -0.145. The van der Waals surface area contributed by atoms with Crippen LogP contribution in [0.25, 0.3) is 0 Å². The van der Waals surface area contributed by atoms with E-state index < -0.39 is 12.0 Å². The number of carbonyl (C=O) groups excluding carboxylic acids is 3. The molecular weight excluding hydrogens is 368 g/mol. The van der Waals surface area contributed by atoms with E-state index in [1.54, 1.807) is 11.0 Å². The van der Waals surface area contributed by atoms with E-state index in [1.807, 2.05) is 18.2 Å². The number of methoxy groups -OCH3 is 1. The van der Waals surface area contributed by atoms with Crippen LogP contribution < -0.4 is 5.32 Å². The molecule has 2 atom stereocenters. The van der Waals surface area contributed by atoms with E-state index in [1.165, 1.54) is 7.11 Å². The number of halogens is 1. The number of carbonyl (C=O) groups is 3. The monoisotopic (exact) mass is 392 g/mol. The van der Waals surface area contributed by atoms with Crippen LogP contribution in [0.15, 0.2) is 24.3 Å². The van der Waals surface area contributed by atoms with Crippen molar-refractivity contribution < 1.29 is 19.1 Å². The Morgan fingerprint density at radius 3 is 2.70 bits per heavy atom. The lowest BCUT2D eigenvalue weighted by Gasteiger charge is -2.26. The van der Waals surface area contributed by atoms with E-state index in [0.29, 0.717) is 36.7 Å². The number of likely N-dealkylation sites (tertiary alicyclic amines) is 1. The molecule has 1 aromatic carbocycles. The Labute approximate surface area is 164 Å². The van der Waals surface area contributed by atoms with Gasteiger partial charge in [-0.25, -0.2) is 4.79 Å². The highest BCUT2D eigenvalue weighted by Crippen LogP contribution is 2.34. The fourth-order valence-electron chi connectivity index (χ4n) is 3.54. The van der Waals surface area contributed by atoms with Gasteiger partial charge in [-0.05, 0) is 30.4 Å². The molecule has 2 fully saturated rings. The highest BCUT2D eigenvalue weighted by Gasteiger charge is 2.35. The maximum absolute atomic E-state index is 12.5. The smallest absolute Gasteiger partial charge is 0.328 e. The Morgan fingerprint density at radius 1 is 1.30 bits per heavy atom. The van der Waals surface area contributed by atoms with Crippen LogP contribution in [0.2, 0.25) is 5.02 Å². The minimum Gasteiger partial charge on any atom is -0.467 e. The van der Waals surface area contributed by atoms with Crippen molar-refractivity contribution in [2.45, 2.75) is 57.2 Å². The van der Waals surface area contributed by atoms with Gasteiger partial charge in [0.05, 0.1) is 7.11 Å². The Morgan fingerprint density at radius 2 is 2.04 bits per heavy atom. The summed E-state index contributed by atoms with van der Waals surface area (Å²) in [6, 6.07) is 6.60. The highest BCUT2D eigenvalue weighted by molar-refractivity contribution is 6.31. The van der Waals surface area contributed by atoms with Crippen LogP contribution in [0.1, 0.15) is 44.1 Å². The van der Waals surface area contributed by atoms with Crippen molar-refractivity contribution in [2.75, 3.05) is 7.11 Å². The minimum absolute atomic E-state index is 0.0234. The summed E-state index contributed by atoms with van der Waals surface area (Å²) in [4.78, 5) is 38.5. The van der Waals surface area contributed by atoms with Crippen molar-refractivity contribution in [1.82, 2.24) is 10.2 Å². The number of nitrogens with one attached hydrogen (secondary N) is 1. The molecule has 1 saturated heterocycles. The molecule has 0 radical (unpaired) electrons. The molecule has 0 aromatic heterocycles. The molecule has 1 aliphatic heterocycles. The molecule has 27 heavy (non-hydrogen) atoms. The Kier molecular flexibility index (Phi) is 6.37. The SMILES string of the molecule is COC(=O)[C@H](CC1CC1)NC(=O)C[C@@H]1CCC(=O)N1Cc1ccccc1Cl. The summed E-state index contributed by atoms with van der Waals surface area (Å²) < 4.78 is 4.81. The van der Waals surface area contributed by atoms with Crippen LogP contribution in [-0.2, 0) is 25.7 Å². The zero-order valence-corrected chi connectivity index (χ0v) is 16.2. The molecule has 0 unspecified atom stereocenters. The summed E-state index contributed by atoms with van der Waals surface area (Å²) in [5.41, 5.74) is 0.862. The van der Waals surface area contributed by atoms with Gasteiger partial charge in [0.2, 0.25) is 11.8 Å². The van der Waals surface area contributed by atoms with Gasteiger partial charge in [-0.3, -0.25) is 9.59 Å². The maximum Gasteiger partial charge on any atom is 0.328 e. The van der Waals surface area contributed by atoms with E-state index in [0.717, 1.165) is 18.4 Å². The fourth-order valence-corrected chi connectivity index (χ4v) is 3.74. The van der Waals surface area contributed by atoms with Gasteiger partial charge in [0.25, 0.3) is 0 Å². The standard InChI is InChI=1S/C20H25ClN2O4/c1-27-20(26)17(10-13-6-7-13)22-18(24)11-15-8-9-19(25)23(15)12-14-4-2-3-5-16(14)21/h2-5,13,15,17H,6-12H2,1H3,(H,22,24)/t15-,17-/m0/s1. The molecule has 1 saturated carbocycles. The van der Waals surface area contributed by atoms with Crippen molar-refractivity contribution in [2.24, 2.45) is 5.92 Å². The third kappa shape index (κ3) is 5.22. The van der Waals surface area contributed by atoms with E-state index in [9.17, 15) is 14.4 Å². The number of benzene rings is 1. The van der Waals surface area contributed by atoms with Crippen LogP contribution in [0, 0.1) is 5.92 Å². The van der Waals surface area contributed by atoms with Gasteiger partial charge in [-0.2, -0.15) is 0 Å². The second-order valence-electron chi connectivity index (χ2n) is 7.33. The first-order chi connectivity index (χ1) is 13.0. The Bertz CT molecular complexity index is 720. The van der Waals surface area contributed by atoms with Crippen LogP contribution in [-0.4, -0.2) is 41.9 Å². The number of nitrogens with zero attached hydrogens (tertiary/aromatic N) is 1.